The van der Waals surface area contributed by atoms with E-state index in [-0.39, 0.29) is 0 Å². The van der Waals surface area contributed by atoms with E-state index in [1.54, 1.807) is 37.0 Å². The van der Waals surface area contributed by atoms with Gasteiger partial charge >= 0.3 is 0 Å². The fourth-order valence-electron chi connectivity index (χ4n) is 2.43. The molecule has 0 bridgehead atoms. The molecule has 0 aliphatic carbocycles. The molecular formula is C19H13N4OS. The molecule has 0 saturated carbocycles. The maximum atomic E-state index is 5.43. The minimum absolute atomic E-state index is 0.534. The van der Waals surface area contributed by atoms with Crippen LogP contribution in [0.15, 0.2) is 60.4 Å². The Morgan fingerprint density at radius 1 is 1.08 bits per heavy atom. The Morgan fingerprint density at radius 3 is 2.80 bits per heavy atom. The largest absolute Gasteiger partial charge is 0.493 e. The van der Waals surface area contributed by atoms with Gasteiger partial charge in [0.25, 0.3) is 0 Å². The van der Waals surface area contributed by atoms with E-state index in [0.717, 1.165) is 16.0 Å². The average Bonchev–Trinajstić information content (AvgIpc) is 3.23. The summed E-state index contributed by atoms with van der Waals surface area (Å²) >= 11 is 1.66. The average molecular weight is 345 g/mol. The molecule has 0 fully saturated rings. The highest BCUT2D eigenvalue weighted by Gasteiger charge is 2.14. The zero-order valence-electron chi connectivity index (χ0n) is 13.4. The lowest BCUT2D eigenvalue weighted by molar-refractivity contribution is 0.413. The molecule has 0 aliphatic heterocycles. The monoisotopic (exact) mass is 345 g/mol. The van der Waals surface area contributed by atoms with Crippen LogP contribution in [0.3, 0.4) is 0 Å². The van der Waals surface area contributed by atoms with Crippen LogP contribution in [0.25, 0.3) is 33.2 Å². The van der Waals surface area contributed by atoms with E-state index in [9.17, 15) is 0 Å². The maximum Gasteiger partial charge on any atom is 0.178 e. The molecule has 0 aromatic carbocycles. The molecule has 0 amide bonds. The zero-order valence-corrected chi connectivity index (χ0v) is 14.2. The Bertz CT molecular complexity index is 988. The number of methoxy groups -OCH3 is 1. The topological polar surface area (TPSA) is 60.8 Å². The number of thiophene rings is 1. The third-order valence-electron chi connectivity index (χ3n) is 3.62. The first-order valence-corrected chi connectivity index (χ1v) is 8.47. The summed E-state index contributed by atoms with van der Waals surface area (Å²) in [6, 6.07) is 11.7. The number of nitrogens with zero attached hydrogens (tertiary/aromatic N) is 4. The van der Waals surface area contributed by atoms with Crippen LogP contribution >= 0.6 is 11.3 Å². The standard InChI is InChI=1S/C19H13N4OS/c1-24-16-12-22-19(15-5-2-3-7-21-15)23-18(16)14-9-13(10-20-11-14)17-6-4-8-25-17/h2-10,12H,1H3. The molecule has 0 aliphatic rings. The van der Waals surface area contributed by atoms with E-state index in [2.05, 4.69) is 32.2 Å². The number of hydrogen-bond acceptors (Lipinski definition) is 6. The van der Waals surface area contributed by atoms with Crippen molar-refractivity contribution in [2.45, 2.75) is 0 Å². The second-order valence-corrected chi connectivity index (χ2v) is 6.13. The van der Waals surface area contributed by atoms with Crippen molar-refractivity contribution in [2.24, 2.45) is 0 Å². The van der Waals surface area contributed by atoms with E-state index in [0.29, 0.717) is 23.0 Å². The Labute approximate surface area is 149 Å². The molecular weight excluding hydrogens is 332 g/mol. The van der Waals surface area contributed by atoms with Crippen molar-refractivity contribution < 1.29 is 4.74 Å². The third kappa shape index (κ3) is 3.12. The number of rotatable bonds is 4. The van der Waals surface area contributed by atoms with Gasteiger partial charge in [-0.15, -0.1) is 11.3 Å². The second kappa shape index (κ2) is 6.78. The summed E-state index contributed by atoms with van der Waals surface area (Å²) in [5, 5.41) is 2.04. The van der Waals surface area contributed by atoms with E-state index >= 15 is 0 Å². The predicted octanol–water partition coefficient (Wildman–Crippen LogP) is 4.14. The first-order valence-electron chi connectivity index (χ1n) is 7.59. The SMILES string of the molecule is COc1cnc(-c2ccccn2)nc1-c1[c]ncc(-c2cccs2)c1. The highest BCUT2D eigenvalue weighted by molar-refractivity contribution is 7.13. The van der Waals surface area contributed by atoms with Crippen molar-refractivity contribution >= 4 is 11.3 Å². The van der Waals surface area contributed by atoms with Crippen molar-refractivity contribution in [3.05, 3.63) is 66.6 Å². The molecule has 6 heteroatoms. The van der Waals surface area contributed by atoms with Crippen LogP contribution in [0.1, 0.15) is 0 Å². The fourth-order valence-corrected chi connectivity index (χ4v) is 3.14. The van der Waals surface area contributed by atoms with Gasteiger partial charge in [0.1, 0.15) is 11.4 Å². The number of aromatic nitrogens is 4. The van der Waals surface area contributed by atoms with Crippen LogP contribution < -0.4 is 4.74 Å². The van der Waals surface area contributed by atoms with Crippen LogP contribution in [0.4, 0.5) is 0 Å². The molecule has 0 saturated heterocycles. The second-order valence-electron chi connectivity index (χ2n) is 5.19. The van der Waals surface area contributed by atoms with Crippen LogP contribution in [0.5, 0.6) is 5.75 Å². The van der Waals surface area contributed by atoms with Crippen molar-refractivity contribution in [1.29, 1.82) is 0 Å². The highest BCUT2D eigenvalue weighted by atomic mass is 32.1. The van der Waals surface area contributed by atoms with Gasteiger partial charge in [-0.25, -0.2) is 9.97 Å². The van der Waals surface area contributed by atoms with E-state index in [1.807, 2.05) is 35.7 Å². The smallest absolute Gasteiger partial charge is 0.178 e. The number of hydrogen-bond donors (Lipinski definition) is 0. The lowest BCUT2D eigenvalue weighted by Gasteiger charge is -2.09. The van der Waals surface area contributed by atoms with Gasteiger partial charge in [0, 0.05) is 28.4 Å². The van der Waals surface area contributed by atoms with E-state index < -0.39 is 0 Å². The summed E-state index contributed by atoms with van der Waals surface area (Å²) in [7, 11) is 1.60. The molecule has 0 N–H and O–H groups in total. The lowest BCUT2D eigenvalue weighted by atomic mass is 10.1. The molecule has 4 rings (SSSR count). The van der Waals surface area contributed by atoms with Crippen molar-refractivity contribution in [1.82, 2.24) is 19.9 Å². The summed E-state index contributed by atoms with van der Waals surface area (Å²) in [6.45, 7) is 0. The summed E-state index contributed by atoms with van der Waals surface area (Å²) in [4.78, 5) is 18.7. The number of pyridine rings is 2. The van der Waals surface area contributed by atoms with Crippen LogP contribution in [-0.2, 0) is 0 Å². The quantitative estimate of drug-likeness (QED) is 0.556. The zero-order chi connectivity index (χ0) is 17.1. The van der Waals surface area contributed by atoms with E-state index in [1.165, 1.54) is 0 Å². The molecule has 5 nitrogen and oxygen atoms in total. The van der Waals surface area contributed by atoms with Crippen LogP contribution in [0, 0.1) is 6.20 Å². The summed E-state index contributed by atoms with van der Waals surface area (Å²) < 4.78 is 5.43. The van der Waals surface area contributed by atoms with E-state index in [4.69, 9.17) is 4.74 Å². The molecule has 0 spiro atoms. The highest BCUT2D eigenvalue weighted by Crippen LogP contribution is 2.32. The Morgan fingerprint density at radius 2 is 2.04 bits per heavy atom. The van der Waals surface area contributed by atoms with Gasteiger partial charge in [-0.2, -0.15) is 0 Å². The Kier molecular flexibility index (Phi) is 4.18. The molecule has 4 aromatic heterocycles. The number of ether oxygens (including phenoxy) is 1. The van der Waals surface area contributed by atoms with Crippen LogP contribution in [0.2, 0.25) is 0 Å². The van der Waals surface area contributed by atoms with Gasteiger partial charge in [0.15, 0.2) is 11.6 Å². The van der Waals surface area contributed by atoms with Gasteiger partial charge in [0.2, 0.25) is 0 Å². The van der Waals surface area contributed by atoms with Crippen LogP contribution in [-0.4, -0.2) is 27.0 Å². The minimum Gasteiger partial charge on any atom is -0.493 e. The summed E-state index contributed by atoms with van der Waals surface area (Å²) in [5.74, 6) is 1.10. The summed E-state index contributed by atoms with van der Waals surface area (Å²) in [6.07, 6.45) is 8.17. The Balaban J connectivity index is 1.83. The maximum absolute atomic E-state index is 5.43. The van der Waals surface area contributed by atoms with Gasteiger partial charge in [-0.05, 0) is 29.6 Å². The Hall–Kier alpha value is -3.12. The summed E-state index contributed by atoms with van der Waals surface area (Å²) in [5.41, 5.74) is 3.11. The minimum atomic E-state index is 0.534. The first kappa shape index (κ1) is 15.4. The van der Waals surface area contributed by atoms with Gasteiger partial charge in [0.05, 0.1) is 19.5 Å². The molecule has 1 radical (unpaired) electrons. The molecule has 4 heterocycles. The normalized spacial score (nSPS) is 10.6. The fraction of sp³-hybridized carbons (Fsp3) is 0.0526. The van der Waals surface area contributed by atoms with Gasteiger partial charge in [-0.1, -0.05) is 12.1 Å². The molecule has 4 aromatic rings. The molecule has 121 valence electrons. The van der Waals surface area contributed by atoms with Gasteiger partial charge < -0.3 is 4.74 Å². The third-order valence-corrected chi connectivity index (χ3v) is 4.54. The van der Waals surface area contributed by atoms with Crippen molar-refractivity contribution in [3.63, 3.8) is 0 Å². The van der Waals surface area contributed by atoms with Gasteiger partial charge in [-0.3, -0.25) is 9.97 Å². The predicted molar refractivity (Wildman–Crippen MR) is 97.2 cm³/mol. The first-order chi connectivity index (χ1) is 12.3. The van der Waals surface area contributed by atoms with Crippen molar-refractivity contribution in [2.75, 3.05) is 7.11 Å². The molecule has 0 atom stereocenters. The molecule has 0 unspecified atom stereocenters. The van der Waals surface area contributed by atoms with Crippen molar-refractivity contribution in [3.8, 4) is 39.0 Å². The molecule has 25 heavy (non-hydrogen) atoms. The lowest BCUT2D eigenvalue weighted by Crippen LogP contribution is -1.98.